The third kappa shape index (κ3) is 12.0. The van der Waals surface area contributed by atoms with Crippen LogP contribution in [-0.2, 0) is 19.1 Å². The molecule has 132 valence electrons. The molecular weight excluding hydrogens is 316 g/mol. The summed E-state index contributed by atoms with van der Waals surface area (Å²) in [6, 6.07) is 9.88. The monoisotopic (exact) mass is 340 g/mol. The number of carbonyl (C=O) groups excluding carboxylic acids is 2. The van der Waals surface area contributed by atoms with E-state index in [0.29, 0.717) is 12.0 Å². The van der Waals surface area contributed by atoms with Gasteiger partial charge in [-0.2, -0.15) is 0 Å². The number of esters is 2. The van der Waals surface area contributed by atoms with E-state index < -0.39 is 5.97 Å². The molecule has 0 fully saturated rings. The molecular formula is C21H24O4. The van der Waals surface area contributed by atoms with Crippen molar-refractivity contribution >= 4 is 18.0 Å². The molecule has 0 aromatic heterocycles. The molecule has 0 heterocycles. The van der Waals surface area contributed by atoms with Crippen LogP contribution in [-0.4, -0.2) is 25.2 Å². The highest BCUT2D eigenvalue weighted by Crippen LogP contribution is 2.06. The molecule has 0 aliphatic heterocycles. The van der Waals surface area contributed by atoms with Gasteiger partial charge in [-0.15, -0.1) is 0 Å². The highest BCUT2D eigenvalue weighted by molar-refractivity contribution is 5.88. The lowest BCUT2D eigenvalue weighted by molar-refractivity contribution is -0.138. The second-order valence-corrected chi connectivity index (χ2v) is 4.63. The van der Waals surface area contributed by atoms with Crippen LogP contribution in [0.15, 0.2) is 86.5 Å². The Bertz CT molecular complexity index is 612. The van der Waals surface area contributed by atoms with Crippen LogP contribution in [0, 0.1) is 0 Å². The fourth-order valence-electron chi connectivity index (χ4n) is 1.42. The lowest BCUT2D eigenvalue weighted by Gasteiger charge is -2.02. The lowest BCUT2D eigenvalue weighted by atomic mass is 10.1. The molecule has 0 N–H and O–H groups in total. The number of ether oxygens (including phenoxy) is 2. The van der Waals surface area contributed by atoms with Gasteiger partial charge in [-0.3, -0.25) is 0 Å². The highest BCUT2D eigenvalue weighted by Gasteiger charge is 2.04. The van der Waals surface area contributed by atoms with Gasteiger partial charge in [0.2, 0.25) is 0 Å². The number of carbonyl (C=O) groups is 2. The van der Waals surface area contributed by atoms with E-state index in [4.69, 9.17) is 4.74 Å². The summed E-state index contributed by atoms with van der Waals surface area (Å²) in [4.78, 5) is 21.5. The van der Waals surface area contributed by atoms with Crippen molar-refractivity contribution in [2.75, 3.05) is 13.2 Å². The van der Waals surface area contributed by atoms with Crippen LogP contribution in [0.25, 0.3) is 6.08 Å². The normalized spacial score (nSPS) is 9.28. The Hall–Kier alpha value is -3.14. The largest absolute Gasteiger partial charge is 0.458 e. The van der Waals surface area contributed by atoms with Gasteiger partial charge in [-0.05, 0) is 12.0 Å². The molecule has 1 aromatic carbocycles. The topological polar surface area (TPSA) is 52.6 Å². The average Bonchev–Trinajstić information content (AvgIpc) is 2.65. The van der Waals surface area contributed by atoms with Gasteiger partial charge in [0.1, 0.15) is 13.2 Å². The van der Waals surface area contributed by atoms with Crippen molar-refractivity contribution in [1.82, 2.24) is 0 Å². The van der Waals surface area contributed by atoms with E-state index in [2.05, 4.69) is 31.1 Å². The van der Waals surface area contributed by atoms with E-state index in [-0.39, 0.29) is 19.2 Å². The molecule has 25 heavy (non-hydrogen) atoms. The van der Waals surface area contributed by atoms with Gasteiger partial charge in [-0.1, -0.05) is 81.0 Å². The Balaban J connectivity index is 0.000000609. The minimum absolute atomic E-state index is 0.222. The molecule has 0 atom stereocenters. The summed E-state index contributed by atoms with van der Waals surface area (Å²) in [5.74, 6) is -0.785. The van der Waals surface area contributed by atoms with Crippen molar-refractivity contribution in [1.29, 1.82) is 0 Å². The first-order chi connectivity index (χ1) is 12.0. The van der Waals surface area contributed by atoms with E-state index in [0.717, 1.165) is 11.6 Å². The summed E-state index contributed by atoms with van der Waals surface area (Å²) in [7, 11) is 0. The van der Waals surface area contributed by atoms with Gasteiger partial charge in [0.05, 0.1) is 0 Å². The maximum Gasteiger partial charge on any atom is 0.334 e. The summed E-state index contributed by atoms with van der Waals surface area (Å²) < 4.78 is 9.33. The molecule has 1 aromatic rings. The van der Waals surface area contributed by atoms with Gasteiger partial charge in [0, 0.05) is 11.6 Å². The molecule has 4 nitrogen and oxygen atoms in total. The van der Waals surface area contributed by atoms with Gasteiger partial charge < -0.3 is 9.47 Å². The molecule has 0 unspecified atom stereocenters. The van der Waals surface area contributed by atoms with Crippen molar-refractivity contribution in [2.24, 2.45) is 0 Å². The summed E-state index contributed by atoms with van der Waals surface area (Å²) in [5.41, 5.74) is 1.54. The minimum atomic E-state index is -0.412. The molecule has 0 amide bonds. The van der Waals surface area contributed by atoms with Crippen molar-refractivity contribution in [3.8, 4) is 0 Å². The quantitative estimate of drug-likeness (QED) is 0.382. The summed E-state index contributed by atoms with van der Waals surface area (Å²) in [5, 5.41) is 0. The third-order valence-electron chi connectivity index (χ3n) is 2.61. The van der Waals surface area contributed by atoms with Gasteiger partial charge in [-0.25, -0.2) is 9.59 Å². The standard InChI is InChI=1S/C15H16O2.C6H8O2/c1-3-12-17-15(16)13(2)8-7-11-14-9-5-4-6-10-14;1-3-5-8-6(7)4-2/h3-7,9-11H,1-2,8,12H2;3-4H,1-2,5H2. The van der Waals surface area contributed by atoms with E-state index in [1.807, 2.05) is 42.5 Å². The third-order valence-corrected chi connectivity index (χ3v) is 2.61. The molecule has 0 radical (unpaired) electrons. The van der Waals surface area contributed by atoms with Crippen LogP contribution >= 0.6 is 0 Å². The SMILES string of the molecule is C=CCOC(=O)C(=C)CC=Cc1ccccc1.C=CCOC(=O)C=C. The Morgan fingerprint density at radius 2 is 1.56 bits per heavy atom. The van der Waals surface area contributed by atoms with Crippen molar-refractivity contribution in [2.45, 2.75) is 6.42 Å². The first kappa shape index (κ1) is 21.9. The molecule has 0 aliphatic carbocycles. The smallest absolute Gasteiger partial charge is 0.334 e. The zero-order chi connectivity index (χ0) is 18.9. The number of rotatable bonds is 9. The van der Waals surface area contributed by atoms with Gasteiger partial charge in [0.25, 0.3) is 0 Å². The van der Waals surface area contributed by atoms with Crippen LogP contribution in [0.4, 0.5) is 0 Å². The molecule has 4 heteroatoms. The fourth-order valence-corrected chi connectivity index (χ4v) is 1.42. The summed E-state index contributed by atoms with van der Waals surface area (Å²) in [6.07, 6.45) is 8.49. The molecule has 1 rings (SSSR count). The maximum absolute atomic E-state index is 11.3. The first-order valence-corrected chi connectivity index (χ1v) is 7.62. The molecule has 0 saturated heterocycles. The van der Waals surface area contributed by atoms with E-state index in [9.17, 15) is 9.59 Å². The fraction of sp³-hybridized carbons (Fsp3) is 0.143. The van der Waals surface area contributed by atoms with Crippen LogP contribution in [0.2, 0.25) is 0 Å². The lowest BCUT2D eigenvalue weighted by Crippen LogP contribution is -2.06. The number of hydrogen-bond acceptors (Lipinski definition) is 4. The van der Waals surface area contributed by atoms with Crippen LogP contribution in [0.3, 0.4) is 0 Å². The van der Waals surface area contributed by atoms with Crippen molar-refractivity contribution in [3.63, 3.8) is 0 Å². The average molecular weight is 340 g/mol. The number of hydrogen-bond donors (Lipinski definition) is 0. The summed E-state index contributed by atoms with van der Waals surface area (Å²) in [6.45, 7) is 14.2. The van der Waals surface area contributed by atoms with Crippen LogP contribution in [0.5, 0.6) is 0 Å². The van der Waals surface area contributed by atoms with Crippen molar-refractivity contribution < 1.29 is 19.1 Å². The predicted molar refractivity (Wildman–Crippen MR) is 102 cm³/mol. The Kier molecular flexibility index (Phi) is 12.6. The minimum Gasteiger partial charge on any atom is -0.458 e. The first-order valence-electron chi connectivity index (χ1n) is 7.62. The van der Waals surface area contributed by atoms with Gasteiger partial charge in [0.15, 0.2) is 0 Å². The molecule has 0 saturated carbocycles. The van der Waals surface area contributed by atoms with E-state index in [1.165, 1.54) is 12.2 Å². The van der Waals surface area contributed by atoms with E-state index >= 15 is 0 Å². The maximum atomic E-state index is 11.3. The second kappa shape index (κ2) is 14.5. The second-order valence-electron chi connectivity index (χ2n) is 4.63. The Morgan fingerprint density at radius 1 is 0.960 bits per heavy atom. The number of benzene rings is 1. The predicted octanol–water partition coefficient (Wildman–Crippen LogP) is 4.28. The van der Waals surface area contributed by atoms with Gasteiger partial charge >= 0.3 is 11.9 Å². The summed E-state index contributed by atoms with van der Waals surface area (Å²) >= 11 is 0. The zero-order valence-corrected chi connectivity index (χ0v) is 14.4. The Morgan fingerprint density at radius 3 is 2.12 bits per heavy atom. The zero-order valence-electron chi connectivity index (χ0n) is 14.4. The van der Waals surface area contributed by atoms with Crippen LogP contribution in [0.1, 0.15) is 12.0 Å². The number of allylic oxidation sites excluding steroid dienone is 1. The molecule has 0 bridgehead atoms. The highest BCUT2D eigenvalue weighted by atomic mass is 16.5. The van der Waals surface area contributed by atoms with Crippen LogP contribution < -0.4 is 0 Å². The Labute approximate surface area is 149 Å². The molecule has 0 spiro atoms. The van der Waals surface area contributed by atoms with Crippen molar-refractivity contribution in [3.05, 3.63) is 92.1 Å². The van der Waals surface area contributed by atoms with E-state index in [1.54, 1.807) is 0 Å². The molecule has 0 aliphatic rings.